The lowest BCUT2D eigenvalue weighted by atomic mass is 10.00. The summed E-state index contributed by atoms with van der Waals surface area (Å²) < 4.78 is 16.1. The van der Waals surface area contributed by atoms with Crippen LogP contribution < -0.4 is 0 Å². The van der Waals surface area contributed by atoms with E-state index in [-0.39, 0.29) is 12.0 Å². The van der Waals surface area contributed by atoms with Crippen LogP contribution in [-0.2, 0) is 19.0 Å². The second-order valence-electron chi connectivity index (χ2n) is 4.01. The van der Waals surface area contributed by atoms with Crippen molar-refractivity contribution in [3.05, 3.63) is 11.6 Å². The molecule has 2 aliphatic rings. The van der Waals surface area contributed by atoms with E-state index in [1.807, 2.05) is 0 Å². The fourth-order valence-electron chi connectivity index (χ4n) is 2.72. The molecule has 16 heavy (non-hydrogen) atoms. The molecule has 1 amide bonds. The number of hydrogen-bond acceptors (Lipinski definition) is 4. The van der Waals surface area contributed by atoms with E-state index in [0.29, 0.717) is 13.2 Å². The predicted molar refractivity (Wildman–Crippen MR) is 56.8 cm³/mol. The van der Waals surface area contributed by atoms with Crippen molar-refractivity contribution >= 4 is 5.91 Å². The van der Waals surface area contributed by atoms with E-state index in [0.717, 1.165) is 12.0 Å². The molecular formula is C11H17NO4. The molecule has 0 aromatic rings. The average Bonchev–Trinajstić information content (AvgIpc) is 2.77. The van der Waals surface area contributed by atoms with Crippen LogP contribution in [0, 0.1) is 0 Å². The number of carbonyl (C=O) groups excluding carboxylic acids is 1. The third kappa shape index (κ3) is 1.32. The Hall–Kier alpha value is -0.910. The van der Waals surface area contributed by atoms with E-state index in [9.17, 15) is 4.79 Å². The molecule has 0 unspecified atom stereocenters. The number of methoxy groups -OCH3 is 3. The monoisotopic (exact) mass is 227 g/mol. The molecule has 0 bridgehead atoms. The SMILES string of the molecule is COCC1=CC(=O)N2CC[C@@H](OC)[C@]12OC. The Kier molecular flexibility index (Phi) is 3.01. The number of nitrogens with zero attached hydrogens (tertiary/aromatic N) is 1. The molecule has 0 aliphatic carbocycles. The van der Waals surface area contributed by atoms with Crippen LogP contribution in [0.1, 0.15) is 6.42 Å². The third-order valence-electron chi connectivity index (χ3n) is 3.37. The molecule has 2 aliphatic heterocycles. The second-order valence-corrected chi connectivity index (χ2v) is 4.01. The molecule has 1 fully saturated rings. The number of carbonyl (C=O) groups is 1. The molecule has 5 nitrogen and oxygen atoms in total. The summed E-state index contributed by atoms with van der Waals surface area (Å²) in [5.41, 5.74) is 0.0915. The third-order valence-corrected chi connectivity index (χ3v) is 3.37. The molecule has 90 valence electrons. The molecule has 0 N–H and O–H groups in total. The maximum absolute atomic E-state index is 11.8. The summed E-state index contributed by atoms with van der Waals surface area (Å²) in [6.07, 6.45) is 2.26. The Labute approximate surface area is 94.9 Å². The van der Waals surface area contributed by atoms with Gasteiger partial charge in [-0.3, -0.25) is 4.79 Å². The zero-order valence-electron chi connectivity index (χ0n) is 9.86. The summed E-state index contributed by atoms with van der Waals surface area (Å²) >= 11 is 0. The van der Waals surface area contributed by atoms with E-state index in [1.54, 1.807) is 32.3 Å². The quantitative estimate of drug-likeness (QED) is 0.686. The van der Waals surface area contributed by atoms with Gasteiger partial charge >= 0.3 is 0 Å². The summed E-state index contributed by atoms with van der Waals surface area (Å²) in [5, 5.41) is 0. The van der Waals surface area contributed by atoms with Crippen molar-refractivity contribution < 1.29 is 19.0 Å². The maximum atomic E-state index is 11.8. The largest absolute Gasteiger partial charge is 0.380 e. The minimum atomic E-state index is -0.748. The first-order valence-corrected chi connectivity index (χ1v) is 5.30. The molecule has 5 heteroatoms. The lowest BCUT2D eigenvalue weighted by Crippen LogP contribution is -2.52. The topological polar surface area (TPSA) is 48.0 Å². The van der Waals surface area contributed by atoms with Crippen LogP contribution in [0.15, 0.2) is 11.6 Å². The molecule has 2 atom stereocenters. The summed E-state index contributed by atoms with van der Waals surface area (Å²) in [6, 6.07) is 0. The fourth-order valence-corrected chi connectivity index (χ4v) is 2.72. The predicted octanol–water partition coefficient (Wildman–Crippen LogP) is 0.163. The van der Waals surface area contributed by atoms with E-state index in [2.05, 4.69) is 0 Å². The van der Waals surface area contributed by atoms with Gasteiger partial charge in [0, 0.05) is 39.5 Å². The lowest BCUT2D eigenvalue weighted by molar-refractivity contribution is -0.160. The van der Waals surface area contributed by atoms with Crippen molar-refractivity contribution in [2.45, 2.75) is 18.2 Å². The molecule has 0 aromatic heterocycles. The zero-order chi connectivity index (χ0) is 11.8. The molecule has 0 aromatic carbocycles. The Morgan fingerprint density at radius 3 is 2.81 bits per heavy atom. The molecular weight excluding hydrogens is 210 g/mol. The average molecular weight is 227 g/mol. The van der Waals surface area contributed by atoms with Crippen LogP contribution in [0.5, 0.6) is 0 Å². The Morgan fingerprint density at radius 1 is 1.50 bits per heavy atom. The van der Waals surface area contributed by atoms with Gasteiger partial charge in [-0.15, -0.1) is 0 Å². The van der Waals surface area contributed by atoms with Gasteiger partial charge < -0.3 is 19.1 Å². The highest BCUT2D eigenvalue weighted by Gasteiger charge is 2.57. The van der Waals surface area contributed by atoms with Crippen molar-refractivity contribution in [2.24, 2.45) is 0 Å². The van der Waals surface area contributed by atoms with Crippen molar-refractivity contribution in [3.8, 4) is 0 Å². The molecule has 2 rings (SSSR count). The molecule has 0 spiro atoms. The highest BCUT2D eigenvalue weighted by Crippen LogP contribution is 2.42. The van der Waals surface area contributed by atoms with Crippen LogP contribution in [-0.4, -0.2) is 57.1 Å². The summed E-state index contributed by atoms with van der Waals surface area (Å²) in [4.78, 5) is 13.5. The van der Waals surface area contributed by atoms with Gasteiger partial charge in [0.15, 0.2) is 5.72 Å². The van der Waals surface area contributed by atoms with Gasteiger partial charge in [-0.05, 0) is 6.42 Å². The second kappa shape index (κ2) is 4.16. The van der Waals surface area contributed by atoms with Gasteiger partial charge in [-0.25, -0.2) is 0 Å². The van der Waals surface area contributed by atoms with Gasteiger partial charge in [0.05, 0.1) is 6.61 Å². The summed E-state index contributed by atoms with van der Waals surface area (Å²) in [7, 11) is 4.85. The van der Waals surface area contributed by atoms with Crippen LogP contribution in [0.25, 0.3) is 0 Å². The van der Waals surface area contributed by atoms with E-state index in [4.69, 9.17) is 14.2 Å². The Balaban J connectivity index is 2.38. The van der Waals surface area contributed by atoms with Crippen LogP contribution in [0.2, 0.25) is 0 Å². The van der Waals surface area contributed by atoms with Gasteiger partial charge in [0.25, 0.3) is 0 Å². The smallest absolute Gasteiger partial charge is 0.249 e. The number of ether oxygens (including phenoxy) is 3. The number of hydrogen-bond donors (Lipinski definition) is 0. The molecule has 2 heterocycles. The van der Waals surface area contributed by atoms with Crippen LogP contribution in [0.3, 0.4) is 0 Å². The normalized spacial score (nSPS) is 33.2. The van der Waals surface area contributed by atoms with Gasteiger partial charge in [-0.1, -0.05) is 0 Å². The van der Waals surface area contributed by atoms with Gasteiger partial charge in [0.1, 0.15) is 6.10 Å². The Bertz CT molecular complexity index is 328. The molecule has 0 saturated carbocycles. The number of fused-ring (bicyclic) bond motifs is 1. The number of rotatable bonds is 4. The lowest BCUT2D eigenvalue weighted by Gasteiger charge is -2.37. The standard InChI is InChI=1S/C11H17NO4/c1-14-7-8-6-10(13)12-5-4-9(15-2)11(8,12)16-3/h6,9H,4-5,7H2,1-3H3/t9-,11-/m1/s1. The van der Waals surface area contributed by atoms with E-state index >= 15 is 0 Å². The summed E-state index contributed by atoms with van der Waals surface area (Å²) in [5.74, 6) is -0.0200. The first-order valence-electron chi connectivity index (χ1n) is 5.30. The van der Waals surface area contributed by atoms with Gasteiger partial charge in [-0.2, -0.15) is 0 Å². The highest BCUT2D eigenvalue weighted by molar-refractivity contribution is 5.93. The van der Waals surface area contributed by atoms with Crippen molar-refractivity contribution in [1.29, 1.82) is 0 Å². The molecule has 1 saturated heterocycles. The Morgan fingerprint density at radius 2 is 2.25 bits per heavy atom. The highest BCUT2D eigenvalue weighted by atomic mass is 16.6. The van der Waals surface area contributed by atoms with Crippen molar-refractivity contribution in [1.82, 2.24) is 4.90 Å². The number of amides is 1. The van der Waals surface area contributed by atoms with Crippen LogP contribution >= 0.6 is 0 Å². The minimum Gasteiger partial charge on any atom is -0.380 e. The van der Waals surface area contributed by atoms with E-state index < -0.39 is 5.72 Å². The zero-order valence-corrected chi connectivity index (χ0v) is 9.86. The molecule has 0 radical (unpaired) electrons. The van der Waals surface area contributed by atoms with Crippen LogP contribution in [0.4, 0.5) is 0 Å². The van der Waals surface area contributed by atoms with Gasteiger partial charge in [0.2, 0.25) is 5.91 Å². The maximum Gasteiger partial charge on any atom is 0.249 e. The first kappa shape index (κ1) is 11.6. The van der Waals surface area contributed by atoms with E-state index in [1.165, 1.54) is 0 Å². The minimum absolute atomic E-state index is 0.0200. The summed E-state index contributed by atoms with van der Waals surface area (Å²) in [6.45, 7) is 1.05. The fraction of sp³-hybridized carbons (Fsp3) is 0.727. The van der Waals surface area contributed by atoms with Crippen molar-refractivity contribution in [2.75, 3.05) is 34.5 Å². The first-order chi connectivity index (χ1) is 7.70. The van der Waals surface area contributed by atoms with Crippen molar-refractivity contribution in [3.63, 3.8) is 0 Å².